The number of halogens is 1. The lowest BCUT2D eigenvalue weighted by atomic mass is 10.1. The molecule has 0 spiro atoms. The molecule has 2 fully saturated rings. The van der Waals surface area contributed by atoms with Crippen molar-refractivity contribution >= 4 is 12.4 Å². The summed E-state index contributed by atoms with van der Waals surface area (Å²) >= 11 is 0. The van der Waals surface area contributed by atoms with Crippen LogP contribution in [0.1, 0.15) is 33.1 Å². The second-order valence-electron chi connectivity index (χ2n) is 6.32. The van der Waals surface area contributed by atoms with Gasteiger partial charge in [-0.15, -0.1) is 0 Å². The van der Waals surface area contributed by atoms with Gasteiger partial charge in [0.15, 0.2) is 0 Å². The summed E-state index contributed by atoms with van der Waals surface area (Å²) in [6.07, 6.45) is 3.91. The number of hydrogen-bond acceptors (Lipinski definition) is 5. The predicted octanol–water partition coefficient (Wildman–Crippen LogP) is 2.20. The maximum atomic E-state index is 14.5. The van der Waals surface area contributed by atoms with E-state index in [0.717, 1.165) is 37.6 Å². The molecule has 5 nitrogen and oxygen atoms in total. The van der Waals surface area contributed by atoms with Gasteiger partial charge in [-0.1, -0.05) is 6.92 Å². The Morgan fingerprint density at radius 3 is 2.68 bits per heavy atom. The highest BCUT2D eigenvalue weighted by Crippen LogP contribution is 2.34. The van der Waals surface area contributed by atoms with E-state index < -0.39 is 6.17 Å². The zero-order chi connectivity index (χ0) is 15.7. The Morgan fingerprint density at radius 1 is 1.41 bits per heavy atom. The van der Waals surface area contributed by atoms with Gasteiger partial charge in [0.05, 0.1) is 37.9 Å². The molecule has 3 rings (SSSR count). The molecule has 4 atom stereocenters. The molecule has 0 saturated carbocycles. The van der Waals surface area contributed by atoms with Crippen molar-refractivity contribution in [1.82, 2.24) is 9.91 Å². The Morgan fingerprint density at radius 2 is 2.09 bits per heavy atom. The van der Waals surface area contributed by atoms with Gasteiger partial charge in [0.25, 0.3) is 0 Å². The number of ether oxygens (including phenoxy) is 1. The molecule has 122 valence electrons. The molecular weight excluding hydrogens is 283 g/mol. The minimum atomic E-state index is -1.03. The Hall–Kier alpha value is -1.43. The van der Waals surface area contributed by atoms with Gasteiger partial charge in [0.2, 0.25) is 0 Å². The molecule has 0 aromatic rings. The number of hydrazone groups is 1. The van der Waals surface area contributed by atoms with Gasteiger partial charge in [-0.2, -0.15) is 5.10 Å². The summed E-state index contributed by atoms with van der Waals surface area (Å²) in [7, 11) is 0. The first-order valence-corrected chi connectivity index (χ1v) is 8.14. The molecule has 2 unspecified atom stereocenters. The largest absolute Gasteiger partial charge is 0.377 e. The van der Waals surface area contributed by atoms with Crippen molar-refractivity contribution in [3.05, 3.63) is 11.9 Å². The van der Waals surface area contributed by atoms with E-state index >= 15 is 0 Å². The van der Waals surface area contributed by atoms with Crippen LogP contribution in [0.5, 0.6) is 0 Å². The summed E-state index contributed by atoms with van der Waals surface area (Å²) in [5.41, 5.74) is 0.851. The van der Waals surface area contributed by atoms with Crippen LogP contribution < -0.4 is 0 Å². The van der Waals surface area contributed by atoms with Gasteiger partial charge in [-0.3, -0.25) is 4.99 Å². The normalized spacial score (nSPS) is 35.6. The average molecular weight is 308 g/mol. The smallest absolute Gasteiger partial charge is 0.142 e. The second kappa shape index (κ2) is 6.36. The Balaban J connectivity index is 1.96. The summed E-state index contributed by atoms with van der Waals surface area (Å²) < 4.78 is 20.2. The third-order valence-electron chi connectivity index (χ3n) is 4.83. The lowest BCUT2D eigenvalue weighted by Gasteiger charge is -2.42. The highest BCUT2D eigenvalue weighted by atomic mass is 19.1. The van der Waals surface area contributed by atoms with Gasteiger partial charge in [0.1, 0.15) is 12.0 Å². The molecule has 0 aromatic carbocycles. The fraction of sp³-hybridized carbons (Fsp3) is 0.750. The summed E-state index contributed by atoms with van der Waals surface area (Å²) in [6, 6.07) is 0.395. The van der Waals surface area contributed by atoms with E-state index in [-0.39, 0.29) is 12.6 Å². The van der Waals surface area contributed by atoms with Crippen molar-refractivity contribution < 1.29 is 9.13 Å². The molecule has 6 heteroatoms. The van der Waals surface area contributed by atoms with Crippen LogP contribution in [0.25, 0.3) is 0 Å². The van der Waals surface area contributed by atoms with Gasteiger partial charge in [-0.25, -0.2) is 9.40 Å². The van der Waals surface area contributed by atoms with E-state index in [1.54, 1.807) is 5.01 Å². The zero-order valence-electron chi connectivity index (χ0n) is 13.4. The van der Waals surface area contributed by atoms with Crippen LogP contribution in [0.2, 0.25) is 0 Å². The van der Waals surface area contributed by atoms with Gasteiger partial charge in [-0.05, 0) is 26.2 Å². The Labute approximate surface area is 131 Å². The van der Waals surface area contributed by atoms with E-state index in [2.05, 4.69) is 21.7 Å². The number of alkyl halides is 1. The first-order chi connectivity index (χ1) is 10.6. The zero-order valence-corrected chi connectivity index (χ0v) is 13.4. The van der Waals surface area contributed by atoms with Crippen LogP contribution in [0, 0.1) is 0 Å². The number of rotatable bonds is 3. The number of nitrogens with zero attached hydrogens (tertiary/aromatic N) is 4. The third kappa shape index (κ3) is 2.76. The monoisotopic (exact) mass is 308 g/mol. The minimum absolute atomic E-state index is 0.210. The van der Waals surface area contributed by atoms with Crippen LogP contribution in [0.15, 0.2) is 22.0 Å². The maximum Gasteiger partial charge on any atom is 0.142 e. The first-order valence-electron chi connectivity index (χ1n) is 8.14. The van der Waals surface area contributed by atoms with Crippen LogP contribution in [0.4, 0.5) is 4.39 Å². The standard InChI is InChI=1S/C16H25FN4O/c1-4-15-14(17)8-20(18-3)16(7-11(2)19-15)21-12-5-6-13(21)10-22-9-12/h7,12-15H,3-6,8-10H2,1-2H3/t12-,13?,14+,15?/m1/s1. The SMILES string of the molecule is C=NN1C[C@H](F)C(CC)N=C(C)C=C1N1C2CC[C@@H]1COC2. The van der Waals surface area contributed by atoms with Crippen molar-refractivity contribution in [2.45, 2.75) is 57.4 Å². The van der Waals surface area contributed by atoms with E-state index in [1.165, 1.54) is 0 Å². The molecule has 0 N–H and O–H groups in total. The summed E-state index contributed by atoms with van der Waals surface area (Å²) in [5, 5.41) is 5.80. The molecule has 22 heavy (non-hydrogen) atoms. The Bertz CT molecular complexity index is 477. The van der Waals surface area contributed by atoms with E-state index in [9.17, 15) is 4.39 Å². The van der Waals surface area contributed by atoms with E-state index in [0.29, 0.717) is 18.5 Å². The van der Waals surface area contributed by atoms with E-state index in [4.69, 9.17) is 4.74 Å². The lowest BCUT2D eigenvalue weighted by Crippen LogP contribution is -2.50. The second-order valence-corrected chi connectivity index (χ2v) is 6.32. The molecular formula is C16H25FN4O. The fourth-order valence-corrected chi connectivity index (χ4v) is 3.71. The molecule has 2 saturated heterocycles. The van der Waals surface area contributed by atoms with Crippen molar-refractivity contribution in [2.24, 2.45) is 10.1 Å². The van der Waals surface area contributed by atoms with E-state index in [1.807, 2.05) is 19.9 Å². The number of morpholine rings is 1. The van der Waals surface area contributed by atoms with Crippen LogP contribution in [-0.4, -0.2) is 66.4 Å². The predicted molar refractivity (Wildman–Crippen MR) is 85.9 cm³/mol. The summed E-state index contributed by atoms with van der Waals surface area (Å²) in [5.74, 6) is 0.921. The highest BCUT2D eigenvalue weighted by Gasteiger charge is 2.41. The van der Waals surface area contributed by atoms with Crippen molar-refractivity contribution in [2.75, 3.05) is 19.8 Å². The quantitative estimate of drug-likeness (QED) is 0.751. The van der Waals surface area contributed by atoms with Crippen molar-refractivity contribution in [3.63, 3.8) is 0 Å². The molecule has 2 bridgehead atoms. The van der Waals surface area contributed by atoms with Crippen molar-refractivity contribution in [3.8, 4) is 0 Å². The Kier molecular flexibility index (Phi) is 4.47. The highest BCUT2D eigenvalue weighted by molar-refractivity contribution is 5.93. The molecule has 0 amide bonds. The van der Waals surface area contributed by atoms with Gasteiger partial charge < -0.3 is 9.64 Å². The molecule has 0 radical (unpaired) electrons. The first kappa shape index (κ1) is 15.5. The average Bonchev–Trinajstić information content (AvgIpc) is 2.75. The molecule has 3 aliphatic heterocycles. The molecule has 0 aliphatic carbocycles. The maximum absolute atomic E-state index is 14.5. The van der Waals surface area contributed by atoms with Crippen molar-refractivity contribution in [1.29, 1.82) is 0 Å². The van der Waals surface area contributed by atoms with Crippen LogP contribution >= 0.6 is 0 Å². The number of fused-ring (bicyclic) bond motifs is 2. The lowest BCUT2D eigenvalue weighted by molar-refractivity contribution is -0.0142. The van der Waals surface area contributed by atoms with Crippen LogP contribution in [-0.2, 0) is 4.74 Å². The third-order valence-corrected chi connectivity index (χ3v) is 4.83. The minimum Gasteiger partial charge on any atom is -0.377 e. The van der Waals surface area contributed by atoms with Crippen LogP contribution in [0.3, 0.4) is 0 Å². The van der Waals surface area contributed by atoms with Gasteiger partial charge in [0, 0.05) is 18.5 Å². The molecule has 0 aromatic heterocycles. The van der Waals surface area contributed by atoms with Gasteiger partial charge >= 0.3 is 0 Å². The summed E-state index contributed by atoms with van der Waals surface area (Å²) in [4.78, 5) is 6.88. The summed E-state index contributed by atoms with van der Waals surface area (Å²) in [6.45, 7) is 9.22. The number of hydrogen-bond donors (Lipinski definition) is 0. The topological polar surface area (TPSA) is 40.4 Å². The number of aliphatic imine (C=N–C) groups is 1. The fourth-order valence-electron chi connectivity index (χ4n) is 3.71. The number of allylic oxidation sites excluding steroid dienone is 1. The molecule has 3 heterocycles. The molecule has 3 aliphatic rings.